The highest BCUT2D eigenvalue weighted by Crippen LogP contribution is 2.14. The molecule has 0 aliphatic rings. The Morgan fingerprint density at radius 1 is 1.24 bits per heavy atom. The molecule has 17 heavy (non-hydrogen) atoms. The second-order valence-corrected chi connectivity index (χ2v) is 4.01. The molecule has 0 saturated carbocycles. The fourth-order valence-electron chi connectivity index (χ4n) is 1.67. The van der Waals surface area contributed by atoms with Crippen LogP contribution in [0.5, 0.6) is 0 Å². The zero-order valence-corrected chi connectivity index (χ0v) is 9.73. The van der Waals surface area contributed by atoms with Gasteiger partial charge in [-0.05, 0) is 42.3 Å². The van der Waals surface area contributed by atoms with E-state index in [-0.39, 0.29) is 11.9 Å². The van der Waals surface area contributed by atoms with Crippen LogP contribution in [-0.4, -0.2) is 4.98 Å². The standard InChI is InChI=1S/C14H15FN2/c1-11(13-3-2-4-14(15)9-13)17-10-12-5-7-16-8-6-12/h2-9,11,17H,10H2,1H3. The van der Waals surface area contributed by atoms with Crippen LogP contribution in [-0.2, 0) is 6.54 Å². The quantitative estimate of drug-likeness (QED) is 0.873. The average Bonchev–Trinajstić information content (AvgIpc) is 2.37. The van der Waals surface area contributed by atoms with E-state index in [0.29, 0.717) is 0 Å². The molecule has 0 amide bonds. The summed E-state index contributed by atoms with van der Waals surface area (Å²) in [5.41, 5.74) is 2.13. The van der Waals surface area contributed by atoms with Crippen molar-refractivity contribution in [2.45, 2.75) is 19.5 Å². The summed E-state index contributed by atoms with van der Waals surface area (Å²) in [4.78, 5) is 3.96. The Hall–Kier alpha value is -1.74. The molecule has 1 heterocycles. The smallest absolute Gasteiger partial charge is 0.123 e. The molecule has 0 aliphatic heterocycles. The number of pyridine rings is 1. The van der Waals surface area contributed by atoms with Crippen LogP contribution in [0.2, 0.25) is 0 Å². The summed E-state index contributed by atoms with van der Waals surface area (Å²) >= 11 is 0. The second kappa shape index (κ2) is 5.55. The minimum absolute atomic E-state index is 0.124. The van der Waals surface area contributed by atoms with Crippen molar-refractivity contribution in [2.24, 2.45) is 0 Å². The monoisotopic (exact) mass is 230 g/mol. The summed E-state index contributed by atoms with van der Waals surface area (Å²) in [7, 11) is 0. The van der Waals surface area contributed by atoms with Gasteiger partial charge >= 0.3 is 0 Å². The third kappa shape index (κ3) is 3.36. The minimum Gasteiger partial charge on any atom is -0.306 e. The zero-order chi connectivity index (χ0) is 12.1. The van der Waals surface area contributed by atoms with E-state index < -0.39 is 0 Å². The minimum atomic E-state index is -0.194. The molecule has 2 aromatic rings. The number of rotatable bonds is 4. The molecule has 0 spiro atoms. The van der Waals surface area contributed by atoms with E-state index in [4.69, 9.17) is 0 Å². The van der Waals surface area contributed by atoms with Crippen LogP contribution in [0.25, 0.3) is 0 Å². The predicted molar refractivity (Wildman–Crippen MR) is 65.9 cm³/mol. The summed E-state index contributed by atoms with van der Waals surface area (Å²) in [5, 5.41) is 3.35. The molecular weight excluding hydrogens is 215 g/mol. The van der Waals surface area contributed by atoms with E-state index in [0.717, 1.165) is 12.1 Å². The van der Waals surface area contributed by atoms with Crippen LogP contribution in [0, 0.1) is 5.82 Å². The van der Waals surface area contributed by atoms with Gasteiger partial charge in [-0.25, -0.2) is 4.39 Å². The van der Waals surface area contributed by atoms with E-state index in [9.17, 15) is 4.39 Å². The van der Waals surface area contributed by atoms with Crippen molar-refractivity contribution in [1.29, 1.82) is 0 Å². The molecule has 0 fully saturated rings. The third-order valence-corrected chi connectivity index (χ3v) is 2.71. The Morgan fingerprint density at radius 2 is 2.00 bits per heavy atom. The zero-order valence-electron chi connectivity index (χ0n) is 9.73. The number of aromatic nitrogens is 1. The first-order valence-corrected chi connectivity index (χ1v) is 5.63. The molecule has 2 nitrogen and oxygen atoms in total. The molecule has 0 saturated heterocycles. The second-order valence-electron chi connectivity index (χ2n) is 4.01. The molecule has 1 unspecified atom stereocenters. The van der Waals surface area contributed by atoms with Crippen molar-refractivity contribution in [3.8, 4) is 0 Å². The highest BCUT2D eigenvalue weighted by molar-refractivity contribution is 5.20. The molecule has 1 N–H and O–H groups in total. The van der Waals surface area contributed by atoms with E-state index in [1.54, 1.807) is 24.5 Å². The number of nitrogens with zero attached hydrogens (tertiary/aromatic N) is 1. The summed E-state index contributed by atoms with van der Waals surface area (Å²) in [6.45, 7) is 2.77. The fraction of sp³-hybridized carbons (Fsp3) is 0.214. The van der Waals surface area contributed by atoms with Crippen LogP contribution in [0.1, 0.15) is 24.1 Å². The number of hydrogen-bond donors (Lipinski definition) is 1. The third-order valence-electron chi connectivity index (χ3n) is 2.71. The maximum Gasteiger partial charge on any atom is 0.123 e. The van der Waals surface area contributed by atoms with Crippen molar-refractivity contribution >= 4 is 0 Å². The van der Waals surface area contributed by atoms with E-state index >= 15 is 0 Å². The van der Waals surface area contributed by atoms with Crippen LogP contribution in [0.4, 0.5) is 4.39 Å². The van der Waals surface area contributed by atoms with Crippen LogP contribution in [0.3, 0.4) is 0 Å². The normalized spacial score (nSPS) is 12.4. The van der Waals surface area contributed by atoms with Gasteiger partial charge < -0.3 is 5.32 Å². The molecule has 1 atom stereocenters. The van der Waals surface area contributed by atoms with Crippen LogP contribution >= 0.6 is 0 Å². The molecule has 3 heteroatoms. The lowest BCUT2D eigenvalue weighted by Gasteiger charge is -2.14. The number of benzene rings is 1. The van der Waals surface area contributed by atoms with Gasteiger partial charge in [-0.2, -0.15) is 0 Å². The molecule has 0 aliphatic carbocycles. The van der Waals surface area contributed by atoms with Crippen molar-refractivity contribution in [3.05, 3.63) is 65.7 Å². The summed E-state index contributed by atoms with van der Waals surface area (Å²) in [6.07, 6.45) is 3.54. The average molecular weight is 230 g/mol. The van der Waals surface area contributed by atoms with E-state index in [2.05, 4.69) is 10.3 Å². The van der Waals surface area contributed by atoms with Crippen molar-refractivity contribution in [3.63, 3.8) is 0 Å². The topological polar surface area (TPSA) is 24.9 Å². The SMILES string of the molecule is CC(NCc1ccncc1)c1cccc(F)c1. The Balaban J connectivity index is 1.96. The lowest BCUT2D eigenvalue weighted by Crippen LogP contribution is -2.18. The molecule has 2 rings (SSSR count). The number of nitrogens with one attached hydrogen (secondary N) is 1. The number of halogens is 1. The van der Waals surface area contributed by atoms with E-state index in [1.807, 2.05) is 25.1 Å². The molecular formula is C14H15FN2. The summed E-state index contributed by atoms with van der Waals surface area (Å²) in [5.74, 6) is -0.194. The van der Waals surface area contributed by atoms with Gasteiger partial charge in [-0.3, -0.25) is 4.98 Å². The van der Waals surface area contributed by atoms with Crippen molar-refractivity contribution < 1.29 is 4.39 Å². The van der Waals surface area contributed by atoms with Gasteiger partial charge in [-0.1, -0.05) is 12.1 Å². The Labute approximate surface area is 101 Å². The summed E-state index contributed by atoms with van der Waals surface area (Å²) in [6, 6.07) is 10.7. The predicted octanol–water partition coefficient (Wildman–Crippen LogP) is 3.07. The number of hydrogen-bond acceptors (Lipinski definition) is 2. The molecule has 88 valence electrons. The molecule has 0 radical (unpaired) electrons. The van der Waals surface area contributed by atoms with Gasteiger partial charge in [0.25, 0.3) is 0 Å². The molecule has 0 bridgehead atoms. The van der Waals surface area contributed by atoms with Gasteiger partial charge in [-0.15, -0.1) is 0 Å². The van der Waals surface area contributed by atoms with Crippen molar-refractivity contribution in [2.75, 3.05) is 0 Å². The molecule has 1 aromatic heterocycles. The van der Waals surface area contributed by atoms with E-state index in [1.165, 1.54) is 11.6 Å². The molecule has 1 aromatic carbocycles. The highest BCUT2D eigenvalue weighted by atomic mass is 19.1. The van der Waals surface area contributed by atoms with Gasteiger partial charge in [0.1, 0.15) is 5.82 Å². The highest BCUT2D eigenvalue weighted by Gasteiger charge is 2.05. The van der Waals surface area contributed by atoms with Gasteiger partial charge in [0.15, 0.2) is 0 Å². The Morgan fingerprint density at radius 3 is 2.71 bits per heavy atom. The lowest BCUT2D eigenvalue weighted by atomic mass is 10.1. The Kier molecular flexibility index (Phi) is 3.83. The van der Waals surface area contributed by atoms with Gasteiger partial charge in [0, 0.05) is 25.0 Å². The summed E-state index contributed by atoms with van der Waals surface area (Å²) < 4.78 is 13.1. The van der Waals surface area contributed by atoms with Crippen LogP contribution in [0.15, 0.2) is 48.8 Å². The van der Waals surface area contributed by atoms with Gasteiger partial charge in [0.2, 0.25) is 0 Å². The maximum absolute atomic E-state index is 13.1. The van der Waals surface area contributed by atoms with Crippen LogP contribution < -0.4 is 5.32 Å². The largest absolute Gasteiger partial charge is 0.306 e. The lowest BCUT2D eigenvalue weighted by molar-refractivity contribution is 0.565. The Bertz CT molecular complexity index is 471. The van der Waals surface area contributed by atoms with Crippen molar-refractivity contribution in [1.82, 2.24) is 10.3 Å². The first kappa shape index (κ1) is 11.7. The first-order chi connectivity index (χ1) is 8.25. The fourth-order valence-corrected chi connectivity index (χ4v) is 1.67. The maximum atomic E-state index is 13.1. The van der Waals surface area contributed by atoms with Gasteiger partial charge in [0.05, 0.1) is 0 Å². The first-order valence-electron chi connectivity index (χ1n) is 5.63.